The summed E-state index contributed by atoms with van der Waals surface area (Å²) in [5, 5.41) is 6.09. The molecule has 1 aliphatic rings. The summed E-state index contributed by atoms with van der Waals surface area (Å²) in [6.07, 6.45) is 9.15. The molecule has 192 valence electrons. The molecule has 37 heavy (non-hydrogen) atoms. The van der Waals surface area contributed by atoms with E-state index in [1.54, 1.807) is 0 Å². The lowest BCUT2D eigenvalue weighted by atomic mass is 9.85. The summed E-state index contributed by atoms with van der Waals surface area (Å²) in [6.45, 7) is 18.2. The summed E-state index contributed by atoms with van der Waals surface area (Å²) in [7, 11) is 0. The smallest absolute Gasteiger partial charge is 0.199 e. The number of hydrogen-bond donors (Lipinski definition) is 1. The minimum absolute atomic E-state index is 0.901. The SMILES string of the molecule is CCNc1ccc(C(=C2C=CC(=[N+](CC)CC)C=C2)c2ccc(N(CC)CC)cc2C)c2ccccc12. The van der Waals surface area contributed by atoms with Crippen LogP contribution >= 0.6 is 0 Å². The second-order valence-electron chi connectivity index (χ2n) is 9.50. The molecule has 0 spiro atoms. The Balaban J connectivity index is 1.97. The van der Waals surface area contributed by atoms with Crippen LogP contribution in [-0.4, -0.2) is 43.0 Å². The van der Waals surface area contributed by atoms with Gasteiger partial charge in [0.2, 0.25) is 0 Å². The molecule has 0 radical (unpaired) electrons. The van der Waals surface area contributed by atoms with Crippen molar-refractivity contribution in [2.24, 2.45) is 0 Å². The summed E-state index contributed by atoms with van der Waals surface area (Å²) in [5.74, 6) is 0. The Kier molecular flexibility index (Phi) is 8.66. The van der Waals surface area contributed by atoms with Gasteiger partial charge in [0.1, 0.15) is 13.1 Å². The van der Waals surface area contributed by atoms with Crippen LogP contribution in [0.25, 0.3) is 16.3 Å². The molecule has 4 rings (SSSR count). The predicted molar refractivity (Wildman–Crippen MR) is 164 cm³/mol. The van der Waals surface area contributed by atoms with E-state index in [4.69, 9.17) is 0 Å². The van der Waals surface area contributed by atoms with Crippen molar-refractivity contribution < 1.29 is 4.58 Å². The Labute approximate surface area is 223 Å². The Hall–Kier alpha value is -3.59. The minimum Gasteiger partial charge on any atom is -0.385 e. The van der Waals surface area contributed by atoms with Crippen LogP contribution in [0.15, 0.2) is 84.5 Å². The zero-order chi connectivity index (χ0) is 26.4. The van der Waals surface area contributed by atoms with Crippen molar-refractivity contribution in [1.82, 2.24) is 0 Å². The zero-order valence-electron chi connectivity index (χ0n) is 23.4. The highest BCUT2D eigenvalue weighted by Crippen LogP contribution is 2.38. The van der Waals surface area contributed by atoms with E-state index in [0.717, 1.165) is 32.7 Å². The molecular weight excluding hydrogens is 450 g/mol. The summed E-state index contributed by atoms with van der Waals surface area (Å²) in [5.41, 5.74) is 10.1. The van der Waals surface area contributed by atoms with Gasteiger partial charge in [0.15, 0.2) is 5.71 Å². The molecular formula is C34H42N3+. The van der Waals surface area contributed by atoms with E-state index >= 15 is 0 Å². The van der Waals surface area contributed by atoms with E-state index in [9.17, 15) is 0 Å². The van der Waals surface area contributed by atoms with Crippen LogP contribution in [0.2, 0.25) is 0 Å². The molecule has 0 atom stereocenters. The number of hydrogen-bond acceptors (Lipinski definition) is 2. The fourth-order valence-electron chi connectivity index (χ4n) is 5.46. The number of anilines is 2. The highest BCUT2D eigenvalue weighted by Gasteiger charge is 2.19. The van der Waals surface area contributed by atoms with Crippen LogP contribution in [0.1, 0.15) is 51.3 Å². The van der Waals surface area contributed by atoms with E-state index in [-0.39, 0.29) is 0 Å². The first-order valence-corrected chi connectivity index (χ1v) is 13.9. The monoisotopic (exact) mass is 492 g/mol. The van der Waals surface area contributed by atoms with E-state index in [2.05, 4.69) is 135 Å². The highest BCUT2D eigenvalue weighted by molar-refractivity contribution is 6.07. The van der Waals surface area contributed by atoms with Crippen molar-refractivity contribution in [2.75, 3.05) is 42.9 Å². The second-order valence-corrected chi connectivity index (χ2v) is 9.50. The number of benzene rings is 3. The first-order chi connectivity index (χ1) is 18.1. The number of aryl methyl sites for hydroxylation is 1. The van der Waals surface area contributed by atoms with Crippen molar-refractivity contribution >= 4 is 33.4 Å². The molecule has 0 unspecified atom stereocenters. The zero-order valence-corrected chi connectivity index (χ0v) is 23.4. The van der Waals surface area contributed by atoms with Crippen LogP contribution in [-0.2, 0) is 0 Å². The van der Waals surface area contributed by atoms with Crippen molar-refractivity contribution in [2.45, 2.75) is 41.5 Å². The topological polar surface area (TPSA) is 18.3 Å². The van der Waals surface area contributed by atoms with Crippen LogP contribution < -0.4 is 10.2 Å². The van der Waals surface area contributed by atoms with Crippen molar-refractivity contribution in [3.8, 4) is 0 Å². The molecule has 0 bridgehead atoms. The average molecular weight is 493 g/mol. The molecule has 0 fully saturated rings. The molecule has 3 heteroatoms. The molecule has 1 aliphatic carbocycles. The van der Waals surface area contributed by atoms with Gasteiger partial charge in [-0.05, 0) is 105 Å². The lowest BCUT2D eigenvalue weighted by Gasteiger charge is -2.24. The van der Waals surface area contributed by atoms with Gasteiger partial charge in [-0.2, -0.15) is 0 Å². The van der Waals surface area contributed by atoms with Gasteiger partial charge in [-0.15, -0.1) is 0 Å². The standard InChI is InChI=1S/C34H41N3/c1-7-35-33-23-22-32(30-14-12-13-15-31(30)33)34(26-16-18-27(19-17-26)36(8-2)9-3)29-21-20-28(24-25(29)6)37(10-4)11-5/h12-24H,7-11H2,1-6H3/p+1. The van der Waals surface area contributed by atoms with Gasteiger partial charge in [-0.1, -0.05) is 36.4 Å². The largest absolute Gasteiger partial charge is 0.385 e. The molecule has 3 aromatic rings. The molecule has 0 aliphatic heterocycles. The quantitative estimate of drug-likeness (QED) is 0.307. The molecule has 0 aromatic heterocycles. The van der Waals surface area contributed by atoms with Crippen molar-refractivity contribution in [1.29, 1.82) is 0 Å². The average Bonchev–Trinajstić information content (AvgIpc) is 2.93. The number of nitrogens with zero attached hydrogens (tertiary/aromatic N) is 2. The first kappa shape index (κ1) is 26.5. The van der Waals surface area contributed by atoms with E-state index in [0.29, 0.717) is 0 Å². The molecule has 0 heterocycles. The molecule has 0 amide bonds. The fraction of sp³-hybridized carbons (Fsp3) is 0.324. The Morgan fingerprint density at radius 3 is 2.00 bits per heavy atom. The van der Waals surface area contributed by atoms with E-state index in [1.165, 1.54) is 55.7 Å². The lowest BCUT2D eigenvalue weighted by molar-refractivity contribution is -0.519. The third kappa shape index (κ3) is 5.41. The summed E-state index contributed by atoms with van der Waals surface area (Å²) in [4.78, 5) is 2.41. The maximum absolute atomic E-state index is 3.55. The minimum atomic E-state index is 0.901. The van der Waals surface area contributed by atoms with Crippen LogP contribution in [0, 0.1) is 6.92 Å². The summed E-state index contributed by atoms with van der Waals surface area (Å²) in [6, 6.07) is 20.3. The van der Waals surface area contributed by atoms with Crippen LogP contribution in [0.4, 0.5) is 11.4 Å². The van der Waals surface area contributed by atoms with Gasteiger partial charge < -0.3 is 10.2 Å². The van der Waals surface area contributed by atoms with Gasteiger partial charge in [0.25, 0.3) is 0 Å². The lowest BCUT2D eigenvalue weighted by Crippen LogP contribution is -2.21. The van der Waals surface area contributed by atoms with Gasteiger partial charge in [0, 0.05) is 48.5 Å². The number of nitrogens with one attached hydrogen (secondary N) is 1. The summed E-state index contributed by atoms with van der Waals surface area (Å²) < 4.78 is 2.40. The van der Waals surface area contributed by atoms with Crippen molar-refractivity contribution in [3.05, 3.63) is 101 Å². The molecule has 3 nitrogen and oxygen atoms in total. The van der Waals surface area contributed by atoms with Gasteiger partial charge >= 0.3 is 0 Å². The first-order valence-electron chi connectivity index (χ1n) is 13.9. The van der Waals surface area contributed by atoms with Gasteiger partial charge in [-0.25, -0.2) is 4.58 Å². The number of fused-ring (bicyclic) bond motifs is 1. The Bertz CT molecular complexity index is 1360. The van der Waals surface area contributed by atoms with E-state index < -0.39 is 0 Å². The maximum atomic E-state index is 3.55. The maximum Gasteiger partial charge on any atom is 0.199 e. The third-order valence-electron chi connectivity index (χ3n) is 7.45. The number of rotatable bonds is 9. The normalized spacial score (nSPS) is 12.8. The Morgan fingerprint density at radius 2 is 1.41 bits per heavy atom. The van der Waals surface area contributed by atoms with Crippen molar-refractivity contribution in [3.63, 3.8) is 0 Å². The number of allylic oxidation sites excluding steroid dienone is 5. The third-order valence-corrected chi connectivity index (χ3v) is 7.45. The van der Waals surface area contributed by atoms with E-state index in [1.807, 2.05) is 0 Å². The Morgan fingerprint density at radius 1 is 0.757 bits per heavy atom. The highest BCUT2D eigenvalue weighted by atomic mass is 15.1. The van der Waals surface area contributed by atoms with Crippen LogP contribution in [0.5, 0.6) is 0 Å². The fourth-order valence-corrected chi connectivity index (χ4v) is 5.46. The molecule has 0 saturated heterocycles. The summed E-state index contributed by atoms with van der Waals surface area (Å²) >= 11 is 0. The molecule has 1 N–H and O–H groups in total. The second kappa shape index (κ2) is 12.1. The van der Waals surface area contributed by atoms with Gasteiger partial charge in [0.05, 0.1) is 0 Å². The van der Waals surface area contributed by atoms with Crippen LogP contribution in [0.3, 0.4) is 0 Å². The predicted octanol–water partition coefficient (Wildman–Crippen LogP) is 7.85. The molecule has 0 saturated carbocycles. The molecule has 3 aromatic carbocycles. The van der Waals surface area contributed by atoms with Gasteiger partial charge in [-0.3, -0.25) is 0 Å².